The Labute approximate surface area is 152 Å². The third-order valence-electron chi connectivity index (χ3n) is 4.35. The summed E-state index contributed by atoms with van der Waals surface area (Å²) in [6, 6.07) is 20.3. The molecule has 132 valence electrons. The maximum atomic E-state index is 13.3. The van der Waals surface area contributed by atoms with E-state index in [0.29, 0.717) is 6.61 Å². The fourth-order valence-corrected chi connectivity index (χ4v) is 3.06. The number of halogens is 1. The van der Waals surface area contributed by atoms with Crippen LogP contribution in [0.25, 0.3) is 11.1 Å². The normalized spacial score (nSPS) is 15.1. The average molecular weight is 349 g/mol. The van der Waals surface area contributed by atoms with E-state index >= 15 is 0 Å². The summed E-state index contributed by atoms with van der Waals surface area (Å²) in [6.45, 7) is 2.74. The van der Waals surface area contributed by atoms with Crippen LogP contribution in [0.15, 0.2) is 66.7 Å². The van der Waals surface area contributed by atoms with E-state index in [-0.39, 0.29) is 5.82 Å². The number of hydrogen-bond donors (Lipinski definition) is 1. The Balaban J connectivity index is 1.78. The predicted molar refractivity (Wildman–Crippen MR) is 101 cm³/mol. The number of fused-ring (bicyclic) bond motifs is 3. The number of hydrogen-bond acceptors (Lipinski definition) is 3. The van der Waals surface area contributed by atoms with Crippen molar-refractivity contribution in [3.63, 3.8) is 0 Å². The second-order valence-electron chi connectivity index (χ2n) is 6.25. The van der Waals surface area contributed by atoms with Gasteiger partial charge in [-0.05, 0) is 36.8 Å². The first-order valence-electron chi connectivity index (χ1n) is 8.79. The Kier molecular flexibility index (Phi) is 4.48. The van der Waals surface area contributed by atoms with Gasteiger partial charge in [-0.15, -0.1) is 0 Å². The summed E-state index contributed by atoms with van der Waals surface area (Å²) in [6.07, 6.45) is 0.528. The molecular formula is C22H20FNO2. The largest absolute Gasteiger partial charge is 0.493 e. The molecule has 26 heavy (non-hydrogen) atoms. The summed E-state index contributed by atoms with van der Waals surface area (Å²) in [5, 5.41) is 3.42. The van der Waals surface area contributed by atoms with Gasteiger partial charge in [0.1, 0.15) is 17.3 Å². The molecule has 0 fully saturated rings. The van der Waals surface area contributed by atoms with E-state index in [1.54, 1.807) is 12.1 Å². The molecule has 1 atom stereocenters. The Bertz CT molecular complexity index is 908. The van der Waals surface area contributed by atoms with Crippen LogP contribution < -0.4 is 14.8 Å². The lowest BCUT2D eigenvalue weighted by atomic mass is 10.0. The van der Waals surface area contributed by atoms with Crippen LogP contribution in [0.1, 0.15) is 25.1 Å². The maximum Gasteiger partial charge on any atom is 0.196 e. The lowest BCUT2D eigenvalue weighted by Crippen LogP contribution is -2.16. The summed E-state index contributed by atoms with van der Waals surface area (Å²) in [5.74, 6) is 1.26. The smallest absolute Gasteiger partial charge is 0.196 e. The molecule has 1 N–H and O–H groups in total. The van der Waals surface area contributed by atoms with Crippen LogP contribution >= 0.6 is 0 Å². The van der Waals surface area contributed by atoms with Crippen molar-refractivity contribution < 1.29 is 13.9 Å². The van der Waals surface area contributed by atoms with Crippen molar-refractivity contribution in [2.45, 2.75) is 19.6 Å². The molecule has 0 radical (unpaired) electrons. The molecule has 4 heteroatoms. The van der Waals surface area contributed by atoms with Gasteiger partial charge in [0.05, 0.1) is 6.61 Å². The van der Waals surface area contributed by atoms with Crippen LogP contribution in [-0.4, -0.2) is 6.61 Å². The van der Waals surface area contributed by atoms with Crippen LogP contribution in [-0.2, 0) is 0 Å². The first-order chi connectivity index (χ1) is 12.7. The molecule has 4 rings (SSSR count). The van der Waals surface area contributed by atoms with E-state index in [2.05, 4.69) is 18.3 Å². The zero-order valence-corrected chi connectivity index (χ0v) is 14.5. The molecule has 3 nitrogen and oxygen atoms in total. The van der Waals surface area contributed by atoms with Crippen molar-refractivity contribution in [3.8, 4) is 22.6 Å². The fourth-order valence-electron chi connectivity index (χ4n) is 3.06. The number of anilines is 1. The van der Waals surface area contributed by atoms with Crippen LogP contribution in [0.4, 0.5) is 10.1 Å². The number of benzene rings is 3. The molecule has 0 saturated heterocycles. The van der Waals surface area contributed by atoms with Gasteiger partial charge in [-0.1, -0.05) is 37.3 Å². The average Bonchev–Trinajstić information content (AvgIpc) is 2.83. The van der Waals surface area contributed by atoms with Gasteiger partial charge in [-0.3, -0.25) is 0 Å². The molecule has 3 aromatic rings. The maximum absolute atomic E-state index is 13.3. The molecule has 0 aromatic heterocycles. The van der Waals surface area contributed by atoms with Gasteiger partial charge >= 0.3 is 0 Å². The Morgan fingerprint density at radius 1 is 1.00 bits per heavy atom. The Morgan fingerprint density at radius 2 is 1.81 bits per heavy atom. The van der Waals surface area contributed by atoms with Crippen LogP contribution in [0.2, 0.25) is 0 Å². The molecule has 3 aromatic carbocycles. The minimum Gasteiger partial charge on any atom is -0.493 e. The molecule has 1 unspecified atom stereocenters. The topological polar surface area (TPSA) is 30.5 Å². The molecule has 1 heterocycles. The fraction of sp³-hybridized carbons (Fsp3) is 0.182. The summed E-state index contributed by atoms with van der Waals surface area (Å²) in [7, 11) is 0. The van der Waals surface area contributed by atoms with E-state index < -0.39 is 6.23 Å². The highest BCUT2D eigenvalue weighted by Gasteiger charge is 2.23. The standard InChI is InChI=1S/C22H20FNO2/c1-2-13-25-17-11-12-19-18-5-3-4-6-20(18)24-22(26-21(19)14-17)15-7-9-16(23)10-8-15/h3-12,14,22,24H,2,13H2,1H3. The third-order valence-corrected chi connectivity index (χ3v) is 4.35. The van der Waals surface area contributed by atoms with Crippen molar-refractivity contribution in [3.05, 3.63) is 78.1 Å². The van der Waals surface area contributed by atoms with Gasteiger partial charge in [0.2, 0.25) is 0 Å². The monoisotopic (exact) mass is 349 g/mol. The van der Waals surface area contributed by atoms with Gasteiger partial charge in [0.15, 0.2) is 6.23 Å². The summed E-state index contributed by atoms with van der Waals surface area (Å²) < 4.78 is 25.3. The summed E-state index contributed by atoms with van der Waals surface area (Å²) >= 11 is 0. The lowest BCUT2D eigenvalue weighted by Gasteiger charge is -2.20. The second kappa shape index (κ2) is 7.08. The van der Waals surface area contributed by atoms with Crippen molar-refractivity contribution in [2.24, 2.45) is 0 Å². The molecular weight excluding hydrogens is 329 g/mol. The molecule has 0 amide bonds. The SMILES string of the molecule is CCCOc1ccc2c(c1)OC(c1ccc(F)cc1)Nc1ccccc1-2. The van der Waals surface area contributed by atoms with Gasteiger partial charge in [-0.25, -0.2) is 4.39 Å². The second-order valence-corrected chi connectivity index (χ2v) is 6.25. The van der Waals surface area contributed by atoms with E-state index in [4.69, 9.17) is 9.47 Å². The molecule has 0 bridgehead atoms. The number of ether oxygens (including phenoxy) is 2. The highest BCUT2D eigenvalue weighted by Crippen LogP contribution is 2.43. The van der Waals surface area contributed by atoms with Gasteiger partial charge in [-0.2, -0.15) is 0 Å². The van der Waals surface area contributed by atoms with Gasteiger partial charge in [0, 0.05) is 28.4 Å². The minimum atomic E-state index is -0.417. The Hall–Kier alpha value is -3.01. The zero-order chi connectivity index (χ0) is 17.9. The van der Waals surface area contributed by atoms with Crippen molar-refractivity contribution >= 4 is 5.69 Å². The first-order valence-corrected chi connectivity index (χ1v) is 8.79. The van der Waals surface area contributed by atoms with Crippen molar-refractivity contribution in [1.29, 1.82) is 0 Å². The molecule has 1 aliphatic rings. The molecule has 0 spiro atoms. The zero-order valence-electron chi connectivity index (χ0n) is 14.5. The van der Waals surface area contributed by atoms with Crippen molar-refractivity contribution in [2.75, 3.05) is 11.9 Å². The molecule has 0 saturated carbocycles. The quantitative estimate of drug-likeness (QED) is 0.647. The number of para-hydroxylation sites is 1. The lowest BCUT2D eigenvalue weighted by molar-refractivity contribution is 0.236. The van der Waals surface area contributed by atoms with Crippen LogP contribution in [0.5, 0.6) is 11.5 Å². The number of rotatable bonds is 4. The summed E-state index contributed by atoms with van der Waals surface area (Å²) in [4.78, 5) is 0. The van der Waals surface area contributed by atoms with Crippen molar-refractivity contribution in [1.82, 2.24) is 0 Å². The summed E-state index contributed by atoms with van der Waals surface area (Å²) in [5.41, 5.74) is 3.90. The third kappa shape index (κ3) is 3.23. The Morgan fingerprint density at radius 3 is 2.62 bits per heavy atom. The number of nitrogens with one attached hydrogen (secondary N) is 1. The predicted octanol–water partition coefficient (Wildman–Crippen LogP) is 5.78. The van der Waals surface area contributed by atoms with E-state index in [0.717, 1.165) is 40.3 Å². The molecule has 0 aliphatic carbocycles. The van der Waals surface area contributed by atoms with Gasteiger partial charge < -0.3 is 14.8 Å². The van der Waals surface area contributed by atoms with Crippen LogP contribution in [0, 0.1) is 5.82 Å². The van der Waals surface area contributed by atoms with E-state index in [1.165, 1.54) is 12.1 Å². The van der Waals surface area contributed by atoms with Crippen LogP contribution in [0.3, 0.4) is 0 Å². The first kappa shape index (κ1) is 16.5. The minimum absolute atomic E-state index is 0.265. The highest BCUT2D eigenvalue weighted by molar-refractivity contribution is 5.83. The highest BCUT2D eigenvalue weighted by atomic mass is 19.1. The van der Waals surface area contributed by atoms with E-state index in [1.807, 2.05) is 36.4 Å². The van der Waals surface area contributed by atoms with E-state index in [9.17, 15) is 4.39 Å². The van der Waals surface area contributed by atoms with Gasteiger partial charge in [0.25, 0.3) is 0 Å². The molecule has 1 aliphatic heterocycles.